The summed E-state index contributed by atoms with van der Waals surface area (Å²) in [5, 5.41) is 2.79. The molecule has 0 aliphatic heterocycles. The molecule has 0 bridgehead atoms. The highest BCUT2D eigenvalue weighted by atomic mass is 79.9. The Balaban J connectivity index is 1.74. The zero-order valence-corrected chi connectivity index (χ0v) is 24.7. The van der Waals surface area contributed by atoms with E-state index in [4.69, 9.17) is 21.1 Å². The van der Waals surface area contributed by atoms with Crippen LogP contribution in [-0.2, 0) is 25.9 Å². The third-order valence-corrected chi connectivity index (χ3v) is 8.83. The van der Waals surface area contributed by atoms with Crippen molar-refractivity contribution < 1.29 is 27.5 Å². The number of amides is 2. The van der Waals surface area contributed by atoms with Crippen LogP contribution in [0.25, 0.3) is 0 Å². The zero-order valence-electron chi connectivity index (χ0n) is 21.5. The van der Waals surface area contributed by atoms with E-state index in [9.17, 15) is 18.0 Å². The summed E-state index contributed by atoms with van der Waals surface area (Å²) in [6.07, 6.45) is -0.0578. The molecule has 0 unspecified atom stereocenters. The number of nitrogens with zero attached hydrogens (tertiary/aromatic N) is 1. The first-order chi connectivity index (χ1) is 17.2. The smallest absolute Gasteiger partial charge is 0.411 e. The lowest BCUT2D eigenvalue weighted by molar-refractivity contribution is 0.0283. The molecule has 2 amide bonds. The van der Waals surface area contributed by atoms with Gasteiger partial charge in [0.15, 0.2) is 9.84 Å². The summed E-state index contributed by atoms with van der Waals surface area (Å²) in [6, 6.07) is 10.0. The van der Waals surface area contributed by atoms with Crippen LogP contribution >= 0.6 is 27.5 Å². The molecule has 0 saturated heterocycles. The number of anilines is 1. The van der Waals surface area contributed by atoms with Gasteiger partial charge >= 0.3 is 12.2 Å². The third-order valence-electron chi connectivity index (χ3n) is 5.65. The van der Waals surface area contributed by atoms with Gasteiger partial charge in [-0.3, -0.25) is 5.32 Å². The van der Waals surface area contributed by atoms with E-state index in [0.717, 1.165) is 10.0 Å². The first kappa shape index (κ1) is 29.3. The van der Waals surface area contributed by atoms with Crippen LogP contribution in [0.15, 0.2) is 45.8 Å². The van der Waals surface area contributed by atoms with Crippen LogP contribution in [0.1, 0.15) is 57.6 Å². The number of halogens is 2. The van der Waals surface area contributed by atoms with E-state index in [1.165, 1.54) is 24.1 Å². The second kappa shape index (κ2) is 11.6. The van der Waals surface area contributed by atoms with Crippen LogP contribution in [0, 0.1) is 0 Å². The van der Waals surface area contributed by atoms with Crippen molar-refractivity contribution in [3.63, 3.8) is 0 Å². The lowest BCUT2D eigenvalue weighted by Crippen LogP contribution is -2.34. The average molecular weight is 616 g/mol. The Bertz CT molecular complexity index is 1270. The highest BCUT2D eigenvalue weighted by Gasteiger charge is 2.38. The van der Waals surface area contributed by atoms with Crippen LogP contribution in [0.4, 0.5) is 15.3 Å². The normalized spacial score (nSPS) is 14.6. The van der Waals surface area contributed by atoms with Crippen LogP contribution in [-0.4, -0.2) is 50.0 Å². The van der Waals surface area contributed by atoms with E-state index in [-0.39, 0.29) is 24.0 Å². The fourth-order valence-corrected chi connectivity index (χ4v) is 6.34. The predicted octanol–water partition coefficient (Wildman–Crippen LogP) is 6.76. The zero-order chi connectivity index (χ0) is 27.5. The standard InChI is InChI=1S/C26H32BrClN2O6S/c1-16(21-10-6-18(27)13-22(21)28)15-35-24(31)29-19-7-11-23(37(33,34)20-8-9-20)17(12-19)14-30(5)25(32)36-26(2,3)4/h6-7,10-13,16,20H,8-9,14-15H2,1-5H3,(H,29,31)/t16-/m0/s1. The molecule has 0 heterocycles. The van der Waals surface area contributed by atoms with Crippen LogP contribution in [0.5, 0.6) is 0 Å². The summed E-state index contributed by atoms with van der Waals surface area (Å²) in [5.41, 5.74) is 0.883. The topological polar surface area (TPSA) is 102 Å². The molecule has 3 rings (SSSR count). The molecule has 2 aromatic rings. The van der Waals surface area contributed by atoms with Gasteiger partial charge < -0.3 is 14.4 Å². The second-order valence-corrected chi connectivity index (χ2v) is 13.7. The van der Waals surface area contributed by atoms with Crippen molar-refractivity contribution >= 4 is 55.2 Å². The SMILES string of the molecule is C[C@@H](COC(=O)Nc1ccc(S(=O)(=O)C2CC2)c(CN(C)C(=O)OC(C)(C)C)c1)c1ccc(Br)cc1Cl. The van der Waals surface area contributed by atoms with Gasteiger partial charge in [-0.15, -0.1) is 0 Å². The van der Waals surface area contributed by atoms with E-state index >= 15 is 0 Å². The molecule has 1 fully saturated rings. The molecule has 1 aliphatic rings. The van der Waals surface area contributed by atoms with Crippen molar-refractivity contribution in [2.24, 2.45) is 0 Å². The second-order valence-electron chi connectivity index (χ2n) is 10.2. The Hall–Kier alpha value is -2.30. The van der Waals surface area contributed by atoms with Crippen molar-refractivity contribution in [2.75, 3.05) is 19.0 Å². The molecule has 8 nitrogen and oxygen atoms in total. The number of hydrogen-bond acceptors (Lipinski definition) is 6. The van der Waals surface area contributed by atoms with E-state index in [1.54, 1.807) is 32.9 Å². The van der Waals surface area contributed by atoms with Crippen molar-refractivity contribution in [2.45, 2.75) is 68.7 Å². The summed E-state index contributed by atoms with van der Waals surface area (Å²) < 4.78 is 37.7. The Kier molecular flexibility index (Phi) is 9.18. The fourth-order valence-electron chi connectivity index (χ4n) is 3.62. The molecule has 2 aromatic carbocycles. The van der Waals surface area contributed by atoms with Gasteiger partial charge in [-0.25, -0.2) is 18.0 Å². The summed E-state index contributed by atoms with van der Waals surface area (Å²) in [6.45, 7) is 7.23. The Morgan fingerprint density at radius 3 is 2.46 bits per heavy atom. The summed E-state index contributed by atoms with van der Waals surface area (Å²) in [7, 11) is -2.01. The summed E-state index contributed by atoms with van der Waals surface area (Å²) >= 11 is 9.66. The molecule has 202 valence electrons. The molecule has 0 spiro atoms. The van der Waals surface area contributed by atoms with Crippen molar-refractivity contribution in [1.82, 2.24) is 4.90 Å². The van der Waals surface area contributed by atoms with Gasteiger partial charge in [-0.05, 0) is 75.1 Å². The minimum Gasteiger partial charge on any atom is -0.449 e. The van der Waals surface area contributed by atoms with Gasteiger partial charge in [-0.2, -0.15) is 0 Å². The molecular weight excluding hydrogens is 584 g/mol. The van der Waals surface area contributed by atoms with Crippen molar-refractivity contribution in [3.8, 4) is 0 Å². The molecule has 1 atom stereocenters. The number of carbonyl (C=O) groups excluding carboxylic acids is 2. The highest BCUT2D eigenvalue weighted by Crippen LogP contribution is 2.36. The average Bonchev–Trinajstić information content (AvgIpc) is 3.62. The minimum atomic E-state index is -3.55. The lowest BCUT2D eigenvalue weighted by atomic mass is 10.0. The van der Waals surface area contributed by atoms with Gasteiger partial charge in [0.2, 0.25) is 0 Å². The lowest BCUT2D eigenvalue weighted by Gasteiger charge is -2.25. The van der Waals surface area contributed by atoms with Crippen LogP contribution < -0.4 is 5.32 Å². The number of rotatable bonds is 8. The van der Waals surface area contributed by atoms with E-state index in [1.807, 2.05) is 19.1 Å². The minimum absolute atomic E-state index is 0.0140. The van der Waals surface area contributed by atoms with Gasteiger partial charge in [0, 0.05) is 28.1 Å². The molecule has 0 radical (unpaired) electrons. The van der Waals surface area contributed by atoms with Crippen LogP contribution in [0.2, 0.25) is 5.02 Å². The number of benzene rings is 2. The summed E-state index contributed by atoms with van der Waals surface area (Å²) in [5.74, 6) is -0.143. The Morgan fingerprint density at radius 1 is 1.19 bits per heavy atom. The number of ether oxygens (including phenoxy) is 2. The molecule has 37 heavy (non-hydrogen) atoms. The number of carbonyl (C=O) groups is 2. The number of nitrogens with one attached hydrogen (secondary N) is 1. The molecule has 1 N–H and O–H groups in total. The van der Waals surface area contributed by atoms with Crippen molar-refractivity contribution in [3.05, 3.63) is 57.0 Å². The maximum absolute atomic E-state index is 13.0. The maximum Gasteiger partial charge on any atom is 0.411 e. The summed E-state index contributed by atoms with van der Waals surface area (Å²) in [4.78, 5) is 26.4. The molecule has 0 aromatic heterocycles. The highest BCUT2D eigenvalue weighted by molar-refractivity contribution is 9.10. The van der Waals surface area contributed by atoms with Gasteiger partial charge in [0.05, 0.1) is 23.3 Å². The van der Waals surface area contributed by atoms with Crippen molar-refractivity contribution in [1.29, 1.82) is 0 Å². The van der Waals surface area contributed by atoms with Crippen LogP contribution in [0.3, 0.4) is 0 Å². The quantitative estimate of drug-likeness (QED) is 0.352. The monoisotopic (exact) mass is 614 g/mol. The third kappa shape index (κ3) is 8.09. The molecule has 11 heteroatoms. The van der Waals surface area contributed by atoms with E-state index in [2.05, 4.69) is 21.2 Å². The first-order valence-corrected chi connectivity index (χ1v) is 14.6. The number of hydrogen-bond donors (Lipinski definition) is 1. The first-order valence-electron chi connectivity index (χ1n) is 11.9. The molecular formula is C26H32BrClN2O6S. The molecule has 1 aliphatic carbocycles. The Morgan fingerprint density at radius 2 is 1.86 bits per heavy atom. The molecule has 1 saturated carbocycles. The maximum atomic E-state index is 13.0. The number of sulfone groups is 1. The van der Waals surface area contributed by atoms with Gasteiger partial charge in [-0.1, -0.05) is 40.5 Å². The van der Waals surface area contributed by atoms with Gasteiger partial charge in [0.1, 0.15) is 5.60 Å². The van der Waals surface area contributed by atoms with Gasteiger partial charge in [0.25, 0.3) is 0 Å². The predicted molar refractivity (Wildman–Crippen MR) is 147 cm³/mol. The largest absolute Gasteiger partial charge is 0.449 e. The van der Waals surface area contributed by atoms with E-state index in [0.29, 0.717) is 29.1 Å². The fraction of sp³-hybridized carbons (Fsp3) is 0.462. The van der Waals surface area contributed by atoms with E-state index < -0.39 is 32.9 Å². The Labute approximate surface area is 231 Å².